The third-order valence-electron chi connectivity index (χ3n) is 6.96. The van der Waals surface area contributed by atoms with E-state index < -0.39 is 12.2 Å². The van der Waals surface area contributed by atoms with Gasteiger partial charge in [0, 0.05) is 30.0 Å². The minimum Gasteiger partial charge on any atom is -0.465 e. The fourth-order valence-electron chi connectivity index (χ4n) is 5.54. The van der Waals surface area contributed by atoms with E-state index in [2.05, 4.69) is 27.8 Å². The van der Waals surface area contributed by atoms with Crippen molar-refractivity contribution in [1.82, 2.24) is 14.5 Å². The second-order valence-electron chi connectivity index (χ2n) is 8.00. The number of hydrogen-bond acceptors (Lipinski definition) is 3. The van der Waals surface area contributed by atoms with Crippen LogP contribution in [-0.4, -0.2) is 50.0 Å². The highest BCUT2D eigenvalue weighted by Gasteiger charge is 2.53. The summed E-state index contributed by atoms with van der Waals surface area (Å²) in [5.74, 6) is 0.142. The van der Waals surface area contributed by atoms with E-state index in [0.29, 0.717) is 13.1 Å². The predicted octanol–water partition coefficient (Wildman–Crippen LogP) is 2.98. The van der Waals surface area contributed by atoms with Crippen LogP contribution in [0.15, 0.2) is 36.8 Å². The fourth-order valence-corrected chi connectivity index (χ4v) is 5.54. The maximum atomic E-state index is 11.3. The van der Waals surface area contributed by atoms with Gasteiger partial charge in [-0.25, -0.2) is 9.78 Å². The predicted molar refractivity (Wildman–Crippen MR) is 95.8 cm³/mol. The van der Waals surface area contributed by atoms with Crippen molar-refractivity contribution in [3.05, 3.63) is 42.4 Å². The van der Waals surface area contributed by atoms with Gasteiger partial charge in [-0.05, 0) is 31.2 Å². The Kier molecular flexibility index (Phi) is 3.41. The Labute approximate surface area is 152 Å². The number of carbonyl (C=O) groups is 1. The third-order valence-corrected chi connectivity index (χ3v) is 6.96. The Morgan fingerprint density at radius 2 is 1.96 bits per heavy atom. The zero-order valence-corrected chi connectivity index (χ0v) is 14.6. The lowest BCUT2D eigenvalue weighted by molar-refractivity contribution is -0.0227. The number of likely N-dealkylation sites (tertiary alicyclic amines) is 1. The second-order valence-corrected chi connectivity index (χ2v) is 8.00. The van der Waals surface area contributed by atoms with Crippen molar-refractivity contribution in [2.24, 2.45) is 11.3 Å². The number of rotatable bonds is 1. The highest BCUT2D eigenvalue weighted by molar-refractivity contribution is 5.69. The Hall–Kier alpha value is -2.34. The molecule has 136 valence electrons. The van der Waals surface area contributed by atoms with Gasteiger partial charge in [0.25, 0.3) is 0 Å². The molecular weight excluding hydrogens is 330 g/mol. The molecule has 5 rings (SSSR count). The number of nitrogens with zero attached hydrogens (tertiary/aromatic N) is 3. The molecule has 1 unspecified atom stereocenters. The van der Waals surface area contributed by atoms with Crippen LogP contribution in [-0.2, 0) is 0 Å². The van der Waals surface area contributed by atoms with Crippen LogP contribution in [0.2, 0.25) is 0 Å². The van der Waals surface area contributed by atoms with Gasteiger partial charge >= 0.3 is 6.09 Å². The minimum absolute atomic E-state index is 0.121. The van der Waals surface area contributed by atoms with Crippen molar-refractivity contribution >= 4 is 6.09 Å². The number of amides is 1. The summed E-state index contributed by atoms with van der Waals surface area (Å²) in [4.78, 5) is 17.0. The van der Waals surface area contributed by atoms with Gasteiger partial charge in [0.05, 0.1) is 30.4 Å². The third kappa shape index (κ3) is 2.08. The summed E-state index contributed by atoms with van der Waals surface area (Å²) in [5.41, 5.74) is 3.46. The van der Waals surface area contributed by atoms with E-state index in [-0.39, 0.29) is 17.4 Å². The Morgan fingerprint density at radius 3 is 2.73 bits per heavy atom. The molecule has 3 heterocycles. The van der Waals surface area contributed by atoms with E-state index in [1.807, 2.05) is 18.6 Å². The van der Waals surface area contributed by atoms with Crippen LogP contribution in [0.4, 0.5) is 4.79 Å². The molecule has 6 nitrogen and oxygen atoms in total. The number of imidazole rings is 1. The first-order valence-electron chi connectivity index (χ1n) is 9.38. The first-order chi connectivity index (χ1) is 12.6. The number of carboxylic acid groups (broad SMARTS) is 1. The zero-order valence-electron chi connectivity index (χ0n) is 14.6. The van der Waals surface area contributed by atoms with Crippen LogP contribution in [0.25, 0.3) is 11.3 Å². The van der Waals surface area contributed by atoms with Gasteiger partial charge in [-0.1, -0.05) is 24.3 Å². The highest BCUT2D eigenvalue weighted by Crippen LogP contribution is 2.55. The molecule has 2 N–H and O–H groups in total. The average molecular weight is 353 g/mol. The van der Waals surface area contributed by atoms with E-state index in [0.717, 1.165) is 31.4 Å². The van der Waals surface area contributed by atoms with Crippen molar-refractivity contribution in [3.63, 3.8) is 0 Å². The molecule has 2 aliphatic heterocycles. The standard InChI is InChI=1S/C20H23N3O3/c24-18-15(5-6-20(18)7-9-22(10-8-20)19(25)26)17-14-4-2-1-3-13(14)16-11-21-12-23(16)17/h1-4,11-12,15,17-18,24H,5-10H2,(H,25,26)/t15-,17?,18+/m0/s1. The number of fused-ring (bicyclic) bond motifs is 3. The van der Waals surface area contributed by atoms with Crippen LogP contribution < -0.4 is 0 Å². The van der Waals surface area contributed by atoms with Gasteiger partial charge in [0.1, 0.15) is 0 Å². The summed E-state index contributed by atoms with van der Waals surface area (Å²) in [7, 11) is 0. The molecule has 1 aromatic carbocycles. The summed E-state index contributed by atoms with van der Waals surface area (Å²) in [5, 5.41) is 20.5. The van der Waals surface area contributed by atoms with Gasteiger partial charge in [-0.15, -0.1) is 0 Å². The van der Waals surface area contributed by atoms with E-state index >= 15 is 0 Å². The van der Waals surface area contributed by atoms with Crippen molar-refractivity contribution in [3.8, 4) is 11.3 Å². The summed E-state index contributed by atoms with van der Waals surface area (Å²) >= 11 is 0. The molecule has 1 amide bonds. The molecule has 1 saturated heterocycles. The number of hydrogen-bond donors (Lipinski definition) is 2. The number of aliphatic hydroxyl groups excluding tert-OH is 1. The van der Waals surface area contributed by atoms with Crippen LogP contribution in [0, 0.1) is 11.3 Å². The van der Waals surface area contributed by atoms with E-state index in [1.165, 1.54) is 16.0 Å². The zero-order chi connectivity index (χ0) is 17.9. The molecule has 0 bridgehead atoms. The monoisotopic (exact) mass is 353 g/mol. The molecule has 1 aliphatic carbocycles. The van der Waals surface area contributed by atoms with Gasteiger partial charge in [0.2, 0.25) is 0 Å². The number of piperidine rings is 1. The van der Waals surface area contributed by atoms with Gasteiger partial charge in [0.15, 0.2) is 0 Å². The minimum atomic E-state index is -0.850. The topological polar surface area (TPSA) is 78.6 Å². The molecular formula is C20H23N3O3. The van der Waals surface area contributed by atoms with Gasteiger partial charge < -0.3 is 19.7 Å². The molecule has 1 aromatic heterocycles. The average Bonchev–Trinajstić information content (AvgIpc) is 3.31. The number of benzene rings is 1. The van der Waals surface area contributed by atoms with E-state index in [1.54, 1.807) is 0 Å². The van der Waals surface area contributed by atoms with Crippen molar-refractivity contribution in [1.29, 1.82) is 0 Å². The summed E-state index contributed by atoms with van der Waals surface area (Å²) in [6, 6.07) is 8.53. The summed E-state index contributed by atoms with van der Waals surface area (Å²) < 4.78 is 2.21. The second kappa shape index (κ2) is 5.58. The molecule has 2 fully saturated rings. The fraction of sp³-hybridized carbons (Fsp3) is 0.500. The molecule has 3 atom stereocenters. The van der Waals surface area contributed by atoms with Gasteiger partial charge in [-0.2, -0.15) is 0 Å². The van der Waals surface area contributed by atoms with Crippen molar-refractivity contribution in [2.45, 2.75) is 37.8 Å². The number of aromatic nitrogens is 2. The van der Waals surface area contributed by atoms with Crippen LogP contribution in [0.5, 0.6) is 0 Å². The molecule has 26 heavy (non-hydrogen) atoms. The summed E-state index contributed by atoms with van der Waals surface area (Å²) in [6.45, 7) is 1.05. The lowest BCUT2D eigenvalue weighted by atomic mass is 9.73. The van der Waals surface area contributed by atoms with Crippen molar-refractivity contribution in [2.75, 3.05) is 13.1 Å². The Bertz CT molecular complexity index is 853. The smallest absolute Gasteiger partial charge is 0.407 e. The molecule has 1 spiro atoms. The molecule has 6 heteroatoms. The van der Waals surface area contributed by atoms with Crippen molar-refractivity contribution < 1.29 is 15.0 Å². The first kappa shape index (κ1) is 15.9. The van der Waals surface area contributed by atoms with E-state index in [4.69, 9.17) is 0 Å². The molecule has 3 aliphatic rings. The number of aliphatic hydroxyl groups is 1. The molecule has 2 aromatic rings. The lowest BCUT2D eigenvalue weighted by Crippen LogP contribution is -2.47. The van der Waals surface area contributed by atoms with E-state index in [9.17, 15) is 15.0 Å². The maximum absolute atomic E-state index is 11.3. The Morgan fingerprint density at radius 1 is 1.19 bits per heavy atom. The largest absolute Gasteiger partial charge is 0.465 e. The Balaban J connectivity index is 1.45. The van der Waals surface area contributed by atoms with Gasteiger partial charge in [-0.3, -0.25) is 0 Å². The molecule has 0 radical (unpaired) electrons. The normalized spacial score (nSPS) is 29.0. The maximum Gasteiger partial charge on any atom is 0.407 e. The quantitative estimate of drug-likeness (QED) is 0.826. The lowest BCUT2D eigenvalue weighted by Gasteiger charge is -2.42. The van der Waals surface area contributed by atoms with Crippen LogP contribution >= 0.6 is 0 Å². The van der Waals surface area contributed by atoms with Crippen LogP contribution in [0.1, 0.15) is 37.3 Å². The summed E-state index contributed by atoms with van der Waals surface area (Å²) in [6.07, 6.45) is 5.96. The first-order valence-corrected chi connectivity index (χ1v) is 9.38. The molecule has 1 saturated carbocycles. The highest BCUT2D eigenvalue weighted by atomic mass is 16.4. The van der Waals surface area contributed by atoms with Crippen LogP contribution in [0.3, 0.4) is 0 Å². The SMILES string of the molecule is O=C(O)N1CCC2(CC[C@@H](C3c4ccccc4-c4cncn43)[C@H]2O)CC1.